The lowest BCUT2D eigenvalue weighted by atomic mass is 10.2. The van der Waals surface area contributed by atoms with Crippen molar-refractivity contribution in [3.8, 4) is 0 Å². The number of aromatic nitrogens is 2. The van der Waals surface area contributed by atoms with Gasteiger partial charge in [0.25, 0.3) is 0 Å². The maximum atomic E-state index is 11.6. The maximum Gasteiger partial charge on any atom is 0.304 e. The van der Waals surface area contributed by atoms with Gasteiger partial charge in [-0.2, -0.15) is 4.98 Å². The van der Waals surface area contributed by atoms with Gasteiger partial charge in [0, 0.05) is 19.0 Å². The van der Waals surface area contributed by atoms with Crippen LogP contribution < -0.4 is 0 Å². The molecule has 1 fully saturated rings. The number of carbonyl (C=O) groups is 1. The van der Waals surface area contributed by atoms with Crippen molar-refractivity contribution in [3.63, 3.8) is 0 Å². The summed E-state index contributed by atoms with van der Waals surface area (Å²) in [5.41, 5.74) is 0. The van der Waals surface area contributed by atoms with E-state index in [0.29, 0.717) is 24.7 Å². The highest BCUT2D eigenvalue weighted by Gasteiger charge is 2.33. The van der Waals surface area contributed by atoms with E-state index in [-0.39, 0.29) is 24.5 Å². The summed E-state index contributed by atoms with van der Waals surface area (Å²) in [7, 11) is -3.17. The van der Waals surface area contributed by atoms with Crippen LogP contribution in [0.1, 0.15) is 25.1 Å². The van der Waals surface area contributed by atoms with Crippen LogP contribution in [0.25, 0.3) is 0 Å². The van der Waals surface area contributed by atoms with E-state index in [2.05, 4.69) is 10.1 Å². The lowest BCUT2D eigenvalue weighted by Gasteiger charge is -2.33. The van der Waals surface area contributed by atoms with Gasteiger partial charge < -0.3 is 9.63 Å². The number of nitrogens with zero attached hydrogens (tertiary/aromatic N) is 3. The molecule has 9 heteroatoms. The first-order chi connectivity index (χ1) is 9.39. The molecule has 2 heterocycles. The molecule has 20 heavy (non-hydrogen) atoms. The van der Waals surface area contributed by atoms with Gasteiger partial charge in [0.1, 0.15) is 0 Å². The zero-order valence-corrected chi connectivity index (χ0v) is 12.0. The first-order valence-electron chi connectivity index (χ1n) is 6.37. The molecule has 1 N–H and O–H groups in total. The van der Waals surface area contributed by atoms with Gasteiger partial charge in [-0.1, -0.05) is 12.1 Å². The molecule has 1 aromatic rings. The summed E-state index contributed by atoms with van der Waals surface area (Å²) in [6.45, 7) is 2.48. The molecule has 0 amide bonds. The van der Waals surface area contributed by atoms with Crippen LogP contribution in [0.15, 0.2) is 4.52 Å². The number of carboxylic acid groups (broad SMARTS) is 1. The van der Waals surface area contributed by atoms with E-state index in [0.717, 1.165) is 0 Å². The predicted molar refractivity (Wildman–Crippen MR) is 68.8 cm³/mol. The second-order valence-electron chi connectivity index (χ2n) is 4.79. The quantitative estimate of drug-likeness (QED) is 0.789. The van der Waals surface area contributed by atoms with Crippen molar-refractivity contribution in [3.05, 3.63) is 11.7 Å². The summed E-state index contributed by atoms with van der Waals surface area (Å²) in [5, 5.41) is 12.7. The predicted octanol–water partition coefficient (Wildman–Crippen LogP) is -0.294. The van der Waals surface area contributed by atoms with Gasteiger partial charge in [-0.25, -0.2) is 8.42 Å². The van der Waals surface area contributed by atoms with Gasteiger partial charge >= 0.3 is 5.97 Å². The molecule has 1 saturated heterocycles. The lowest BCUT2D eigenvalue weighted by Crippen LogP contribution is -2.48. The van der Waals surface area contributed by atoms with Gasteiger partial charge in [-0.15, -0.1) is 0 Å². The second-order valence-corrected chi connectivity index (χ2v) is 7.02. The van der Waals surface area contributed by atoms with E-state index in [4.69, 9.17) is 9.63 Å². The zero-order chi connectivity index (χ0) is 14.8. The molecule has 112 valence electrons. The molecule has 0 radical (unpaired) electrons. The lowest BCUT2D eigenvalue weighted by molar-refractivity contribution is -0.138. The molecule has 1 aliphatic heterocycles. The van der Waals surface area contributed by atoms with Crippen LogP contribution in [0, 0.1) is 0 Å². The number of sulfone groups is 1. The Kier molecular flexibility index (Phi) is 4.39. The van der Waals surface area contributed by atoms with Crippen molar-refractivity contribution >= 4 is 15.8 Å². The third-order valence-corrected chi connectivity index (χ3v) is 4.92. The number of aliphatic carboxylic acids is 1. The molecule has 1 aliphatic rings. The molecule has 0 aliphatic carbocycles. The Morgan fingerprint density at radius 3 is 2.90 bits per heavy atom. The third-order valence-electron chi connectivity index (χ3n) is 3.22. The summed E-state index contributed by atoms with van der Waals surface area (Å²) in [6.07, 6.45) is 0.414. The molecular formula is C11H17N3O5S. The van der Waals surface area contributed by atoms with Crippen LogP contribution >= 0.6 is 0 Å². The van der Waals surface area contributed by atoms with Crippen molar-refractivity contribution in [1.29, 1.82) is 0 Å². The van der Waals surface area contributed by atoms with Gasteiger partial charge in [0.2, 0.25) is 5.89 Å². The normalized spacial score (nSPS) is 22.8. The monoisotopic (exact) mass is 303 g/mol. The van der Waals surface area contributed by atoms with Crippen LogP contribution in [0.3, 0.4) is 0 Å². The average Bonchev–Trinajstić information content (AvgIpc) is 2.79. The van der Waals surface area contributed by atoms with E-state index in [1.165, 1.54) is 0 Å². The van der Waals surface area contributed by atoms with Crippen LogP contribution in [-0.4, -0.2) is 58.6 Å². The molecular weight excluding hydrogens is 286 g/mol. The van der Waals surface area contributed by atoms with Gasteiger partial charge in [0.05, 0.1) is 24.5 Å². The summed E-state index contributed by atoms with van der Waals surface area (Å²) < 4.78 is 28.2. The van der Waals surface area contributed by atoms with Crippen molar-refractivity contribution in [2.45, 2.75) is 32.4 Å². The summed E-state index contributed by atoms with van der Waals surface area (Å²) in [4.78, 5) is 16.8. The summed E-state index contributed by atoms with van der Waals surface area (Å²) in [5.74, 6) is -0.158. The topological polar surface area (TPSA) is 114 Å². The first-order valence-corrected chi connectivity index (χ1v) is 8.19. The highest BCUT2D eigenvalue weighted by atomic mass is 32.2. The highest BCUT2D eigenvalue weighted by Crippen LogP contribution is 2.17. The maximum absolute atomic E-state index is 11.6. The van der Waals surface area contributed by atoms with Gasteiger partial charge in [0.15, 0.2) is 15.7 Å². The second kappa shape index (κ2) is 5.88. The van der Waals surface area contributed by atoms with Crippen molar-refractivity contribution < 1.29 is 22.8 Å². The molecule has 0 bridgehead atoms. The number of rotatable bonds is 5. The fourth-order valence-electron chi connectivity index (χ4n) is 2.20. The van der Waals surface area contributed by atoms with E-state index >= 15 is 0 Å². The van der Waals surface area contributed by atoms with Gasteiger partial charge in [-0.05, 0) is 0 Å². The first kappa shape index (κ1) is 14.9. The summed E-state index contributed by atoms with van der Waals surface area (Å²) >= 11 is 0. The van der Waals surface area contributed by atoms with Crippen LogP contribution in [0.2, 0.25) is 0 Å². The minimum atomic E-state index is -3.17. The largest absolute Gasteiger partial charge is 0.481 e. The van der Waals surface area contributed by atoms with E-state index in [1.807, 2.05) is 6.92 Å². The van der Waals surface area contributed by atoms with Crippen molar-refractivity contribution in [1.82, 2.24) is 15.0 Å². The molecule has 1 aromatic heterocycles. The fraction of sp³-hybridized carbons (Fsp3) is 0.727. The Morgan fingerprint density at radius 2 is 2.30 bits per heavy atom. The summed E-state index contributed by atoms with van der Waals surface area (Å²) in [6, 6.07) is -0.546. The SMILES string of the molecule is CCc1nc(CN2CCS(=O)(=O)CC2CC(=O)O)no1. The fourth-order valence-corrected chi connectivity index (χ4v) is 3.79. The average molecular weight is 303 g/mol. The molecule has 1 unspecified atom stereocenters. The Balaban J connectivity index is 2.09. The molecule has 0 saturated carbocycles. The van der Waals surface area contributed by atoms with E-state index < -0.39 is 21.8 Å². The van der Waals surface area contributed by atoms with E-state index in [1.54, 1.807) is 4.90 Å². The number of aryl methyl sites for hydroxylation is 1. The molecule has 0 aromatic carbocycles. The number of hydrogen-bond acceptors (Lipinski definition) is 7. The van der Waals surface area contributed by atoms with Crippen LogP contribution in [-0.2, 0) is 27.6 Å². The minimum absolute atomic E-state index is 0.0294. The van der Waals surface area contributed by atoms with Crippen LogP contribution in [0.4, 0.5) is 0 Å². The Hall–Kier alpha value is -1.48. The van der Waals surface area contributed by atoms with Crippen LogP contribution in [0.5, 0.6) is 0 Å². The Labute approximate surface area is 116 Å². The zero-order valence-electron chi connectivity index (χ0n) is 11.2. The van der Waals surface area contributed by atoms with Gasteiger partial charge in [-0.3, -0.25) is 9.69 Å². The molecule has 2 rings (SSSR count). The van der Waals surface area contributed by atoms with E-state index in [9.17, 15) is 13.2 Å². The smallest absolute Gasteiger partial charge is 0.304 e. The number of carboxylic acids is 1. The standard InChI is InChI=1S/C11H17N3O5S/c1-2-10-12-9(13-19-10)6-14-3-4-20(17,18)7-8(14)5-11(15)16/h8H,2-7H2,1H3,(H,15,16). The Bertz CT molecular complexity index is 583. The molecule has 8 nitrogen and oxygen atoms in total. The molecule has 1 atom stereocenters. The van der Waals surface area contributed by atoms with Crippen molar-refractivity contribution in [2.24, 2.45) is 0 Å². The minimum Gasteiger partial charge on any atom is -0.481 e. The third kappa shape index (κ3) is 3.76. The Morgan fingerprint density at radius 1 is 1.55 bits per heavy atom. The van der Waals surface area contributed by atoms with Crippen molar-refractivity contribution in [2.75, 3.05) is 18.1 Å². The molecule has 0 spiro atoms. The highest BCUT2D eigenvalue weighted by molar-refractivity contribution is 7.91. The number of hydrogen-bond donors (Lipinski definition) is 1.